The molecule has 0 amide bonds. The number of aryl methyl sites for hydroxylation is 2. The molecule has 0 saturated heterocycles. The Hall–Kier alpha value is -1.69. The highest BCUT2D eigenvalue weighted by Gasteiger charge is 2.02. The fourth-order valence-electron chi connectivity index (χ4n) is 1.55. The Bertz CT molecular complexity index is 434. The van der Waals surface area contributed by atoms with Gasteiger partial charge in [-0.25, -0.2) is 0 Å². The molecule has 0 bridgehead atoms. The number of nitrogens with one attached hydrogen (secondary N) is 1. The molecular formula is C10H15N5O. The maximum atomic E-state index is 4.65. The first-order valence-electron chi connectivity index (χ1n) is 5.21. The molecule has 0 unspecified atom stereocenters. The predicted octanol–water partition coefficient (Wildman–Crippen LogP) is 0.444. The van der Waals surface area contributed by atoms with Gasteiger partial charge in [-0.15, -0.1) is 0 Å². The van der Waals surface area contributed by atoms with Crippen LogP contribution in [-0.4, -0.2) is 26.5 Å². The van der Waals surface area contributed by atoms with Crippen LogP contribution in [0.25, 0.3) is 0 Å². The molecule has 0 aromatic carbocycles. The van der Waals surface area contributed by atoms with E-state index >= 15 is 0 Å². The summed E-state index contributed by atoms with van der Waals surface area (Å²) in [5, 5.41) is 11.3. The van der Waals surface area contributed by atoms with E-state index in [1.54, 1.807) is 0 Å². The van der Waals surface area contributed by atoms with Crippen molar-refractivity contribution >= 4 is 0 Å². The van der Waals surface area contributed by atoms with E-state index in [9.17, 15) is 0 Å². The SMILES string of the molecule is Cc1nn(C)cc1CNCCc1ncon1. The van der Waals surface area contributed by atoms with Gasteiger partial charge in [0, 0.05) is 38.3 Å². The zero-order valence-electron chi connectivity index (χ0n) is 9.47. The molecule has 6 heteroatoms. The van der Waals surface area contributed by atoms with Crippen LogP contribution in [0.5, 0.6) is 0 Å². The van der Waals surface area contributed by atoms with Crippen molar-refractivity contribution in [2.45, 2.75) is 19.9 Å². The third kappa shape index (κ3) is 2.66. The number of hydrogen-bond acceptors (Lipinski definition) is 5. The molecule has 0 atom stereocenters. The highest BCUT2D eigenvalue weighted by molar-refractivity contribution is 5.14. The molecule has 2 aromatic heterocycles. The van der Waals surface area contributed by atoms with Crippen molar-refractivity contribution in [1.82, 2.24) is 25.2 Å². The van der Waals surface area contributed by atoms with E-state index in [4.69, 9.17) is 0 Å². The van der Waals surface area contributed by atoms with Crippen molar-refractivity contribution < 1.29 is 4.52 Å². The summed E-state index contributed by atoms with van der Waals surface area (Å²) < 4.78 is 6.47. The average Bonchev–Trinajstić information content (AvgIpc) is 2.84. The van der Waals surface area contributed by atoms with Crippen LogP contribution in [0.1, 0.15) is 17.1 Å². The molecule has 86 valence electrons. The standard InChI is InChI=1S/C10H15N5O/c1-8-9(6-15(2)13-8)5-11-4-3-10-12-7-16-14-10/h6-7,11H,3-5H2,1-2H3. The molecule has 16 heavy (non-hydrogen) atoms. The topological polar surface area (TPSA) is 68.8 Å². The van der Waals surface area contributed by atoms with Crippen LogP contribution in [-0.2, 0) is 20.0 Å². The Morgan fingerprint density at radius 2 is 2.38 bits per heavy atom. The summed E-state index contributed by atoms with van der Waals surface area (Å²) >= 11 is 0. The Morgan fingerprint density at radius 1 is 1.50 bits per heavy atom. The maximum Gasteiger partial charge on any atom is 0.213 e. The Balaban J connectivity index is 1.74. The minimum absolute atomic E-state index is 0.732. The molecule has 0 saturated carbocycles. The first-order chi connectivity index (χ1) is 7.75. The van der Waals surface area contributed by atoms with Gasteiger partial charge in [0.05, 0.1) is 5.69 Å². The van der Waals surface area contributed by atoms with Gasteiger partial charge in [-0.3, -0.25) is 4.68 Å². The lowest BCUT2D eigenvalue weighted by Crippen LogP contribution is -2.17. The summed E-state index contributed by atoms with van der Waals surface area (Å²) in [5.74, 6) is 0.732. The molecule has 0 aliphatic heterocycles. The zero-order valence-corrected chi connectivity index (χ0v) is 9.47. The van der Waals surface area contributed by atoms with Crippen molar-refractivity contribution in [2.24, 2.45) is 7.05 Å². The fraction of sp³-hybridized carbons (Fsp3) is 0.500. The van der Waals surface area contributed by atoms with Gasteiger partial charge < -0.3 is 9.84 Å². The van der Waals surface area contributed by atoms with Crippen molar-refractivity contribution in [1.29, 1.82) is 0 Å². The van der Waals surface area contributed by atoms with Crippen LogP contribution in [0.3, 0.4) is 0 Å². The lowest BCUT2D eigenvalue weighted by molar-refractivity contribution is 0.409. The Labute approximate surface area is 93.7 Å². The van der Waals surface area contributed by atoms with Gasteiger partial charge in [0.25, 0.3) is 0 Å². The molecule has 2 rings (SSSR count). The number of rotatable bonds is 5. The number of hydrogen-bond donors (Lipinski definition) is 1. The first-order valence-corrected chi connectivity index (χ1v) is 5.21. The second kappa shape index (κ2) is 4.89. The van der Waals surface area contributed by atoms with E-state index in [1.807, 2.05) is 24.9 Å². The van der Waals surface area contributed by atoms with Crippen molar-refractivity contribution in [2.75, 3.05) is 6.54 Å². The van der Waals surface area contributed by atoms with Crippen molar-refractivity contribution in [3.63, 3.8) is 0 Å². The quantitative estimate of drug-likeness (QED) is 0.742. The number of aromatic nitrogens is 4. The average molecular weight is 221 g/mol. The van der Waals surface area contributed by atoms with Gasteiger partial charge in [0.15, 0.2) is 5.82 Å². The molecule has 0 aliphatic rings. The Kier molecular flexibility index (Phi) is 3.31. The summed E-state index contributed by atoms with van der Waals surface area (Å²) in [6, 6.07) is 0. The van der Waals surface area contributed by atoms with E-state index in [2.05, 4.69) is 25.1 Å². The van der Waals surface area contributed by atoms with Crippen LogP contribution in [0.2, 0.25) is 0 Å². The third-order valence-electron chi connectivity index (χ3n) is 2.36. The lowest BCUT2D eigenvalue weighted by Gasteiger charge is -2.00. The molecule has 1 N–H and O–H groups in total. The van der Waals surface area contributed by atoms with E-state index in [0.29, 0.717) is 0 Å². The predicted molar refractivity (Wildman–Crippen MR) is 57.7 cm³/mol. The van der Waals surface area contributed by atoms with Gasteiger partial charge in [-0.05, 0) is 6.92 Å². The summed E-state index contributed by atoms with van der Waals surface area (Å²) in [4.78, 5) is 3.95. The van der Waals surface area contributed by atoms with Gasteiger partial charge in [0.2, 0.25) is 6.39 Å². The van der Waals surface area contributed by atoms with Crippen LogP contribution < -0.4 is 5.32 Å². The summed E-state index contributed by atoms with van der Waals surface area (Å²) in [5.41, 5.74) is 2.28. The normalized spacial score (nSPS) is 10.9. The molecule has 0 aliphatic carbocycles. The van der Waals surface area contributed by atoms with Crippen LogP contribution in [0, 0.1) is 6.92 Å². The molecule has 2 heterocycles. The highest BCUT2D eigenvalue weighted by Crippen LogP contribution is 2.03. The maximum absolute atomic E-state index is 4.65. The summed E-state index contributed by atoms with van der Waals surface area (Å²) in [6.45, 7) is 3.65. The first kappa shape index (κ1) is 10.8. The molecule has 2 aromatic rings. The van der Waals surface area contributed by atoms with E-state index in [1.165, 1.54) is 12.0 Å². The monoisotopic (exact) mass is 221 g/mol. The minimum Gasteiger partial charge on any atom is -0.343 e. The van der Waals surface area contributed by atoms with Gasteiger partial charge in [-0.2, -0.15) is 10.1 Å². The Morgan fingerprint density at radius 3 is 3.00 bits per heavy atom. The fourth-order valence-corrected chi connectivity index (χ4v) is 1.55. The largest absolute Gasteiger partial charge is 0.343 e. The van der Waals surface area contributed by atoms with Gasteiger partial charge in [-0.1, -0.05) is 5.16 Å². The van der Waals surface area contributed by atoms with Crippen molar-refractivity contribution in [3.8, 4) is 0 Å². The summed E-state index contributed by atoms with van der Waals surface area (Å²) in [6.07, 6.45) is 4.15. The van der Waals surface area contributed by atoms with Crippen LogP contribution in [0.4, 0.5) is 0 Å². The van der Waals surface area contributed by atoms with Crippen molar-refractivity contribution in [3.05, 3.63) is 29.7 Å². The molecule has 6 nitrogen and oxygen atoms in total. The minimum atomic E-state index is 0.732. The molecule has 0 radical (unpaired) electrons. The molecular weight excluding hydrogens is 206 g/mol. The molecule has 0 spiro atoms. The molecule has 0 fully saturated rings. The van der Waals surface area contributed by atoms with Gasteiger partial charge in [0.1, 0.15) is 0 Å². The van der Waals surface area contributed by atoms with Crippen LogP contribution in [0.15, 0.2) is 17.1 Å². The third-order valence-corrected chi connectivity index (χ3v) is 2.36. The summed E-state index contributed by atoms with van der Waals surface area (Å²) in [7, 11) is 1.93. The van der Waals surface area contributed by atoms with Gasteiger partial charge >= 0.3 is 0 Å². The van der Waals surface area contributed by atoms with Crippen LogP contribution >= 0.6 is 0 Å². The number of nitrogens with zero attached hydrogens (tertiary/aromatic N) is 4. The second-order valence-corrected chi connectivity index (χ2v) is 3.69. The van der Waals surface area contributed by atoms with E-state index < -0.39 is 0 Å². The van der Waals surface area contributed by atoms with E-state index in [0.717, 1.165) is 31.0 Å². The smallest absolute Gasteiger partial charge is 0.213 e. The highest BCUT2D eigenvalue weighted by atomic mass is 16.5. The zero-order chi connectivity index (χ0) is 11.4. The van der Waals surface area contributed by atoms with E-state index in [-0.39, 0.29) is 0 Å². The second-order valence-electron chi connectivity index (χ2n) is 3.69. The lowest BCUT2D eigenvalue weighted by atomic mass is 10.2.